The van der Waals surface area contributed by atoms with Crippen molar-refractivity contribution < 1.29 is 23.1 Å². The van der Waals surface area contributed by atoms with Gasteiger partial charge in [0, 0.05) is 17.1 Å². The van der Waals surface area contributed by atoms with E-state index in [1.165, 1.54) is 18.2 Å². The summed E-state index contributed by atoms with van der Waals surface area (Å²) in [6.07, 6.45) is -3.10. The first-order valence-electron chi connectivity index (χ1n) is 10.1. The van der Waals surface area contributed by atoms with Gasteiger partial charge in [-0.15, -0.1) is 0 Å². The summed E-state index contributed by atoms with van der Waals surface area (Å²) in [5, 5.41) is 14.9. The number of hydrogen-bond acceptors (Lipinski definition) is 3. The summed E-state index contributed by atoms with van der Waals surface area (Å²) in [7, 11) is 0. The number of carbonyl (C=O) groups is 1. The van der Waals surface area contributed by atoms with Crippen molar-refractivity contribution in [2.24, 2.45) is 0 Å². The van der Waals surface area contributed by atoms with E-state index in [0.29, 0.717) is 16.3 Å². The van der Waals surface area contributed by atoms with Crippen molar-refractivity contribution in [3.8, 4) is 0 Å². The Bertz CT molecular complexity index is 1310. The molecule has 3 aromatic carbocycles. The van der Waals surface area contributed by atoms with Crippen molar-refractivity contribution in [1.29, 1.82) is 0 Å². The molecule has 0 saturated carbocycles. The SMILES string of the molecule is C[C@@H](NC(=O)c1ccc2cc(C(C)(O)C(F)(F)F)ccc2c1)c1ccnc2ccccc12. The van der Waals surface area contributed by atoms with Crippen molar-refractivity contribution in [3.63, 3.8) is 0 Å². The number of aliphatic hydroxyl groups is 1. The van der Waals surface area contributed by atoms with Crippen molar-refractivity contribution in [2.75, 3.05) is 0 Å². The van der Waals surface area contributed by atoms with E-state index in [1.54, 1.807) is 24.4 Å². The minimum Gasteiger partial charge on any atom is -0.376 e. The first-order valence-corrected chi connectivity index (χ1v) is 10.1. The maximum atomic E-state index is 13.1. The first-order chi connectivity index (χ1) is 15.1. The van der Waals surface area contributed by atoms with Crippen LogP contribution in [0.4, 0.5) is 13.2 Å². The molecular weight excluding hydrogens is 417 g/mol. The number of rotatable bonds is 4. The van der Waals surface area contributed by atoms with Crippen LogP contribution in [0.1, 0.15) is 41.4 Å². The predicted octanol–water partition coefficient (Wildman–Crippen LogP) is 5.65. The first kappa shape index (κ1) is 21.8. The fourth-order valence-corrected chi connectivity index (χ4v) is 3.71. The maximum Gasteiger partial charge on any atom is 0.421 e. The number of fused-ring (bicyclic) bond motifs is 2. The number of para-hydroxylation sites is 1. The Morgan fingerprint density at radius 1 is 1.00 bits per heavy atom. The molecule has 0 aliphatic carbocycles. The number of pyridine rings is 1. The predicted molar refractivity (Wildman–Crippen MR) is 117 cm³/mol. The number of amides is 1. The second kappa shape index (κ2) is 7.91. The summed E-state index contributed by atoms with van der Waals surface area (Å²) in [5.41, 5.74) is -1.06. The van der Waals surface area contributed by atoms with Gasteiger partial charge >= 0.3 is 6.18 Å². The lowest BCUT2D eigenvalue weighted by Crippen LogP contribution is -2.39. The van der Waals surface area contributed by atoms with Gasteiger partial charge in [0.25, 0.3) is 5.91 Å². The number of alkyl halides is 3. The lowest BCUT2D eigenvalue weighted by atomic mass is 9.92. The van der Waals surface area contributed by atoms with Crippen LogP contribution in [0, 0.1) is 0 Å². The van der Waals surface area contributed by atoms with E-state index in [1.807, 2.05) is 37.3 Å². The lowest BCUT2D eigenvalue weighted by Gasteiger charge is -2.27. The molecule has 1 unspecified atom stereocenters. The molecule has 0 aliphatic rings. The fraction of sp³-hybridized carbons (Fsp3) is 0.200. The Morgan fingerprint density at radius 3 is 2.44 bits per heavy atom. The second-order valence-electron chi connectivity index (χ2n) is 7.96. The Morgan fingerprint density at radius 2 is 1.69 bits per heavy atom. The molecule has 0 aliphatic heterocycles. The molecule has 4 rings (SSSR count). The van der Waals surface area contributed by atoms with Gasteiger partial charge in [-0.2, -0.15) is 13.2 Å². The molecule has 7 heteroatoms. The minimum atomic E-state index is -4.80. The van der Waals surface area contributed by atoms with Gasteiger partial charge in [0.05, 0.1) is 11.6 Å². The number of nitrogens with one attached hydrogen (secondary N) is 1. The molecule has 4 aromatic rings. The van der Waals surface area contributed by atoms with E-state index < -0.39 is 11.8 Å². The molecule has 0 bridgehead atoms. The zero-order valence-electron chi connectivity index (χ0n) is 17.4. The van der Waals surface area contributed by atoms with E-state index in [-0.39, 0.29) is 17.5 Å². The standard InChI is InChI=1S/C25H21F3N2O2/c1-15(20-11-12-29-22-6-4-3-5-21(20)22)30-23(31)18-8-7-17-14-19(10-9-16(17)13-18)24(2,32)25(26,27)28/h3-15,32H,1-2H3,(H,30,31)/t15-,24?/m1/s1. The third-order valence-corrected chi connectivity index (χ3v) is 5.71. The van der Waals surface area contributed by atoms with Gasteiger partial charge in [-0.25, -0.2) is 0 Å². The largest absolute Gasteiger partial charge is 0.421 e. The molecular formula is C25H21F3N2O2. The number of halogens is 3. The molecule has 1 aromatic heterocycles. The van der Waals surface area contributed by atoms with Crippen LogP contribution in [0.25, 0.3) is 21.7 Å². The summed E-state index contributed by atoms with van der Waals surface area (Å²) in [4.78, 5) is 17.2. The van der Waals surface area contributed by atoms with Crippen LogP contribution >= 0.6 is 0 Å². The van der Waals surface area contributed by atoms with Crippen molar-refractivity contribution >= 4 is 27.6 Å². The smallest absolute Gasteiger partial charge is 0.376 e. The van der Waals surface area contributed by atoms with Crippen LogP contribution in [0.15, 0.2) is 72.9 Å². The number of nitrogens with zero attached hydrogens (tertiary/aromatic N) is 1. The van der Waals surface area contributed by atoms with Gasteiger partial charge in [0.2, 0.25) is 0 Å². The van der Waals surface area contributed by atoms with Crippen molar-refractivity contribution in [3.05, 3.63) is 89.6 Å². The van der Waals surface area contributed by atoms with Crippen LogP contribution in [0.2, 0.25) is 0 Å². The van der Waals surface area contributed by atoms with Crippen LogP contribution in [-0.2, 0) is 5.60 Å². The van der Waals surface area contributed by atoms with Gasteiger partial charge in [0.15, 0.2) is 5.60 Å². The zero-order valence-corrected chi connectivity index (χ0v) is 17.4. The second-order valence-corrected chi connectivity index (χ2v) is 7.96. The third-order valence-electron chi connectivity index (χ3n) is 5.71. The van der Waals surface area contributed by atoms with Crippen LogP contribution in [0.5, 0.6) is 0 Å². The number of benzene rings is 3. The summed E-state index contributed by atoms with van der Waals surface area (Å²) in [6, 6.07) is 18.0. The molecule has 1 amide bonds. The zero-order chi connectivity index (χ0) is 23.1. The average Bonchev–Trinajstić information content (AvgIpc) is 2.77. The van der Waals surface area contributed by atoms with E-state index in [4.69, 9.17) is 0 Å². The molecule has 0 spiro atoms. The topological polar surface area (TPSA) is 62.2 Å². The summed E-state index contributed by atoms with van der Waals surface area (Å²) in [5.74, 6) is -0.299. The highest BCUT2D eigenvalue weighted by molar-refractivity contribution is 5.99. The van der Waals surface area contributed by atoms with E-state index in [2.05, 4.69) is 10.3 Å². The number of carbonyl (C=O) groups excluding carboxylic acids is 1. The summed E-state index contributed by atoms with van der Waals surface area (Å²) >= 11 is 0. The number of aromatic nitrogens is 1. The Labute approximate surface area is 182 Å². The van der Waals surface area contributed by atoms with Gasteiger partial charge in [-0.05, 0) is 66.1 Å². The van der Waals surface area contributed by atoms with Gasteiger partial charge in [-0.1, -0.05) is 36.4 Å². The maximum absolute atomic E-state index is 13.1. The molecule has 32 heavy (non-hydrogen) atoms. The van der Waals surface area contributed by atoms with Crippen LogP contribution < -0.4 is 5.32 Å². The normalized spacial score (nSPS) is 14.8. The van der Waals surface area contributed by atoms with Gasteiger partial charge in [-0.3, -0.25) is 9.78 Å². The monoisotopic (exact) mass is 438 g/mol. The van der Waals surface area contributed by atoms with Gasteiger partial charge in [0.1, 0.15) is 0 Å². The average molecular weight is 438 g/mol. The van der Waals surface area contributed by atoms with E-state index >= 15 is 0 Å². The molecule has 4 nitrogen and oxygen atoms in total. The Balaban J connectivity index is 1.59. The molecule has 2 N–H and O–H groups in total. The van der Waals surface area contributed by atoms with Crippen LogP contribution in [-0.4, -0.2) is 22.2 Å². The summed E-state index contributed by atoms with van der Waals surface area (Å²) in [6.45, 7) is 2.60. The fourth-order valence-electron chi connectivity index (χ4n) is 3.71. The number of hydrogen-bond donors (Lipinski definition) is 2. The van der Waals surface area contributed by atoms with Crippen LogP contribution in [0.3, 0.4) is 0 Å². The minimum absolute atomic E-state index is 0.257. The highest BCUT2D eigenvalue weighted by atomic mass is 19.4. The molecule has 1 heterocycles. The Kier molecular flexibility index (Phi) is 5.38. The highest BCUT2D eigenvalue weighted by Crippen LogP contribution is 2.39. The quantitative estimate of drug-likeness (QED) is 0.433. The highest BCUT2D eigenvalue weighted by Gasteiger charge is 2.51. The lowest BCUT2D eigenvalue weighted by molar-refractivity contribution is -0.258. The molecule has 164 valence electrons. The summed E-state index contributed by atoms with van der Waals surface area (Å²) < 4.78 is 39.4. The van der Waals surface area contributed by atoms with Gasteiger partial charge < -0.3 is 10.4 Å². The molecule has 2 atom stereocenters. The molecule has 0 radical (unpaired) electrons. The van der Waals surface area contributed by atoms with E-state index in [0.717, 1.165) is 23.4 Å². The van der Waals surface area contributed by atoms with E-state index in [9.17, 15) is 23.1 Å². The Hall–Kier alpha value is -3.45. The van der Waals surface area contributed by atoms with Crippen molar-refractivity contribution in [2.45, 2.75) is 31.7 Å². The molecule has 0 saturated heterocycles. The third kappa shape index (κ3) is 3.91. The van der Waals surface area contributed by atoms with Crippen molar-refractivity contribution in [1.82, 2.24) is 10.3 Å². The molecule has 0 fully saturated rings.